The number of hydrogen-bond donors (Lipinski definition) is 1. The van der Waals surface area contributed by atoms with E-state index >= 15 is 0 Å². The highest BCUT2D eigenvalue weighted by atomic mass is 16.5. The van der Waals surface area contributed by atoms with Crippen LogP contribution >= 0.6 is 0 Å². The molecule has 0 aliphatic carbocycles. The molecule has 0 fully saturated rings. The van der Waals surface area contributed by atoms with Gasteiger partial charge in [0.1, 0.15) is 0 Å². The van der Waals surface area contributed by atoms with Gasteiger partial charge in [-0.2, -0.15) is 5.10 Å². The molecule has 0 aromatic carbocycles. The number of methoxy groups -OCH3 is 1. The van der Waals surface area contributed by atoms with E-state index in [1.165, 1.54) is 0 Å². The van der Waals surface area contributed by atoms with Gasteiger partial charge in [-0.1, -0.05) is 13.8 Å². The van der Waals surface area contributed by atoms with Gasteiger partial charge in [-0.05, 0) is 39.8 Å². The highest BCUT2D eigenvalue weighted by molar-refractivity contribution is 5.05. The summed E-state index contributed by atoms with van der Waals surface area (Å²) < 4.78 is 7.74. The summed E-state index contributed by atoms with van der Waals surface area (Å²) in [7, 11) is 1.79. The van der Waals surface area contributed by atoms with E-state index < -0.39 is 0 Å². The first kappa shape index (κ1) is 16.2. The van der Waals surface area contributed by atoms with Crippen molar-refractivity contribution in [2.24, 2.45) is 0 Å². The molecule has 1 heterocycles. The van der Waals surface area contributed by atoms with E-state index in [0.29, 0.717) is 6.04 Å². The maximum atomic E-state index is 5.73. The minimum atomic E-state index is -0.155. The van der Waals surface area contributed by atoms with Gasteiger partial charge in [-0.3, -0.25) is 4.68 Å². The molecule has 19 heavy (non-hydrogen) atoms. The van der Waals surface area contributed by atoms with Crippen molar-refractivity contribution in [3.8, 4) is 0 Å². The monoisotopic (exact) mass is 267 g/mol. The second kappa shape index (κ2) is 7.06. The number of aromatic nitrogens is 2. The number of rotatable bonds is 8. The van der Waals surface area contributed by atoms with Gasteiger partial charge in [-0.15, -0.1) is 0 Å². The van der Waals surface area contributed by atoms with Crippen LogP contribution in [0.5, 0.6) is 0 Å². The number of nitrogens with zero attached hydrogens (tertiary/aromatic N) is 2. The lowest BCUT2D eigenvalue weighted by Crippen LogP contribution is -2.51. The fourth-order valence-electron chi connectivity index (χ4n) is 2.27. The Morgan fingerprint density at radius 1 is 1.42 bits per heavy atom. The fourth-order valence-corrected chi connectivity index (χ4v) is 2.27. The standard InChI is InChI=1S/C15H29N3O/c1-7-15(5,19-6)14(16-8-2)11-13-9-10-18(17-13)12(3)4/h9-10,12,14,16H,7-8,11H2,1-6H3. The number of nitrogens with one attached hydrogen (secondary N) is 1. The second-order valence-electron chi connectivity index (χ2n) is 5.57. The molecular weight excluding hydrogens is 238 g/mol. The molecule has 1 N–H and O–H groups in total. The summed E-state index contributed by atoms with van der Waals surface area (Å²) in [6.45, 7) is 11.7. The first-order chi connectivity index (χ1) is 8.96. The van der Waals surface area contributed by atoms with Crippen molar-refractivity contribution >= 4 is 0 Å². The van der Waals surface area contributed by atoms with Gasteiger partial charge in [0.15, 0.2) is 0 Å². The summed E-state index contributed by atoms with van der Waals surface area (Å²) in [5.74, 6) is 0. The van der Waals surface area contributed by atoms with Crippen LogP contribution < -0.4 is 5.32 Å². The third-order valence-electron chi connectivity index (χ3n) is 3.96. The largest absolute Gasteiger partial charge is 0.377 e. The second-order valence-corrected chi connectivity index (χ2v) is 5.57. The summed E-state index contributed by atoms with van der Waals surface area (Å²) in [6, 6.07) is 2.80. The quantitative estimate of drug-likeness (QED) is 0.787. The normalized spacial score (nSPS) is 16.6. The molecule has 0 aliphatic heterocycles. The number of likely N-dealkylation sites (N-methyl/N-ethyl adjacent to an activating group) is 1. The third kappa shape index (κ3) is 4.05. The molecule has 4 nitrogen and oxygen atoms in total. The molecule has 0 radical (unpaired) electrons. The highest BCUT2D eigenvalue weighted by Crippen LogP contribution is 2.22. The van der Waals surface area contributed by atoms with Gasteiger partial charge < -0.3 is 10.1 Å². The highest BCUT2D eigenvalue weighted by Gasteiger charge is 2.32. The molecule has 0 aliphatic rings. The molecule has 2 unspecified atom stereocenters. The predicted octanol–water partition coefficient (Wildman–Crippen LogP) is 2.80. The molecule has 1 aromatic heterocycles. The van der Waals surface area contributed by atoms with Crippen molar-refractivity contribution in [3.05, 3.63) is 18.0 Å². The Morgan fingerprint density at radius 3 is 2.53 bits per heavy atom. The van der Waals surface area contributed by atoms with E-state index in [2.05, 4.69) is 57.3 Å². The third-order valence-corrected chi connectivity index (χ3v) is 3.96. The van der Waals surface area contributed by atoms with Gasteiger partial charge >= 0.3 is 0 Å². The van der Waals surface area contributed by atoms with Crippen LogP contribution in [0.1, 0.15) is 52.8 Å². The topological polar surface area (TPSA) is 39.1 Å². The lowest BCUT2D eigenvalue weighted by Gasteiger charge is -2.36. The van der Waals surface area contributed by atoms with Crippen molar-refractivity contribution in [3.63, 3.8) is 0 Å². The molecule has 1 rings (SSSR count). The van der Waals surface area contributed by atoms with Crippen molar-refractivity contribution in [2.45, 2.75) is 65.1 Å². The van der Waals surface area contributed by atoms with Crippen LogP contribution in [0.2, 0.25) is 0 Å². The average molecular weight is 267 g/mol. The molecule has 0 saturated carbocycles. The zero-order valence-corrected chi connectivity index (χ0v) is 13.2. The minimum absolute atomic E-state index is 0.155. The summed E-state index contributed by atoms with van der Waals surface area (Å²) in [5.41, 5.74) is 0.967. The first-order valence-corrected chi connectivity index (χ1v) is 7.29. The predicted molar refractivity (Wildman–Crippen MR) is 79.5 cm³/mol. The van der Waals surface area contributed by atoms with Crippen LogP contribution in [-0.2, 0) is 11.2 Å². The smallest absolute Gasteiger partial charge is 0.0804 e. The van der Waals surface area contributed by atoms with E-state index in [-0.39, 0.29) is 11.6 Å². The zero-order valence-electron chi connectivity index (χ0n) is 13.2. The van der Waals surface area contributed by atoms with Crippen molar-refractivity contribution in [2.75, 3.05) is 13.7 Å². The van der Waals surface area contributed by atoms with E-state index in [4.69, 9.17) is 4.74 Å². The maximum absolute atomic E-state index is 5.73. The fraction of sp³-hybridized carbons (Fsp3) is 0.800. The van der Waals surface area contributed by atoms with Crippen molar-refractivity contribution in [1.82, 2.24) is 15.1 Å². The molecule has 1 aromatic rings. The Bertz CT molecular complexity index is 369. The molecule has 2 atom stereocenters. The number of hydrogen-bond acceptors (Lipinski definition) is 3. The Morgan fingerprint density at radius 2 is 2.11 bits per heavy atom. The van der Waals surface area contributed by atoms with Crippen molar-refractivity contribution in [1.29, 1.82) is 0 Å². The molecule has 0 amide bonds. The summed E-state index contributed by atoms with van der Waals surface area (Å²) in [6.07, 6.45) is 3.93. The van der Waals surface area contributed by atoms with E-state index in [0.717, 1.165) is 25.1 Å². The molecule has 0 saturated heterocycles. The lowest BCUT2D eigenvalue weighted by molar-refractivity contribution is -0.0286. The van der Waals surface area contributed by atoms with Gasteiger partial charge in [0.05, 0.1) is 11.3 Å². The van der Waals surface area contributed by atoms with E-state index in [1.807, 2.05) is 4.68 Å². The minimum Gasteiger partial charge on any atom is -0.377 e. The van der Waals surface area contributed by atoms with Crippen LogP contribution in [-0.4, -0.2) is 35.1 Å². The van der Waals surface area contributed by atoms with Crippen LogP contribution in [0, 0.1) is 0 Å². The first-order valence-electron chi connectivity index (χ1n) is 7.29. The van der Waals surface area contributed by atoms with Crippen LogP contribution in [0.3, 0.4) is 0 Å². The van der Waals surface area contributed by atoms with Gasteiger partial charge in [0.25, 0.3) is 0 Å². The van der Waals surface area contributed by atoms with E-state index in [9.17, 15) is 0 Å². The Kier molecular flexibility index (Phi) is 6.01. The average Bonchev–Trinajstić information content (AvgIpc) is 2.86. The molecular formula is C15H29N3O. The van der Waals surface area contributed by atoms with Gasteiger partial charge in [0, 0.05) is 31.8 Å². The van der Waals surface area contributed by atoms with Crippen LogP contribution in [0.25, 0.3) is 0 Å². The summed E-state index contributed by atoms with van der Waals surface area (Å²) in [4.78, 5) is 0. The molecule has 110 valence electrons. The molecule has 0 spiro atoms. The summed E-state index contributed by atoms with van der Waals surface area (Å²) in [5, 5.41) is 8.17. The van der Waals surface area contributed by atoms with Crippen LogP contribution in [0.4, 0.5) is 0 Å². The molecule has 0 bridgehead atoms. The summed E-state index contributed by atoms with van der Waals surface area (Å²) >= 11 is 0. The van der Waals surface area contributed by atoms with Gasteiger partial charge in [-0.25, -0.2) is 0 Å². The lowest BCUT2D eigenvalue weighted by atomic mass is 9.89. The van der Waals surface area contributed by atoms with Crippen molar-refractivity contribution < 1.29 is 4.74 Å². The number of ether oxygens (including phenoxy) is 1. The Balaban J connectivity index is 2.82. The van der Waals surface area contributed by atoms with E-state index in [1.54, 1.807) is 7.11 Å². The maximum Gasteiger partial charge on any atom is 0.0804 e. The molecule has 4 heteroatoms. The van der Waals surface area contributed by atoms with Gasteiger partial charge in [0.2, 0.25) is 0 Å². The Hall–Kier alpha value is -0.870. The Labute approximate surface area is 117 Å². The SMILES string of the molecule is CCNC(Cc1ccn(C(C)C)n1)C(C)(CC)OC. The van der Waals surface area contributed by atoms with Crippen LogP contribution in [0.15, 0.2) is 12.3 Å². The zero-order chi connectivity index (χ0) is 14.5.